The molecule has 256 valence electrons. The molecule has 0 saturated heterocycles. The van der Waals surface area contributed by atoms with E-state index in [2.05, 4.69) is 192 Å². The Balaban J connectivity index is 1.22. The van der Waals surface area contributed by atoms with Gasteiger partial charge in [0.25, 0.3) is 0 Å². The summed E-state index contributed by atoms with van der Waals surface area (Å²) in [6.45, 7) is -0.172. The molecule has 3 heterocycles. The van der Waals surface area contributed by atoms with Crippen molar-refractivity contribution in [2.45, 2.75) is 0 Å². The van der Waals surface area contributed by atoms with Gasteiger partial charge in [0.05, 0.1) is 22.7 Å². The van der Waals surface area contributed by atoms with Crippen LogP contribution in [0.4, 0.5) is 27.5 Å². The fourth-order valence-electron chi connectivity index (χ4n) is 10.6. The number of hydrogen-bond acceptors (Lipinski definition) is 1. The first-order chi connectivity index (χ1) is 27.7. The van der Waals surface area contributed by atoms with Crippen molar-refractivity contribution in [3.05, 3.63) is 182 Å². The summed E-state index contributed by atoms with van der Waals surface area (Å²) < 4.78 is 0. The van der Waals surface area contributed by atoms with Crippen molar-refractivity contribution in [2.24, 2.45) is 0 Å². The van der Waals surface area contributed by atoms with E-state index in [0.29, 0.717) is 0 Å². The summed E-state index contributed by atoms with van der Waals surface area (Å²) >= 11 is 0. The minimum Gasteiger partial charge on any atom is -0.262 e. The molecule has 10 aromatic rings. The van der Waals surface area contributed by atoms with Crippen LogP contribution in [0.3, 0.4) is 0 Å². The van der Waals surface area contributed by atoms with Crippen molar-refractivity contribution >= 4 is 129 Å². The fourth-order valence-corrected chi connectivity index (χ4v) is 10.6. The molecule has 13 rings (SSSR count). The summed E-state index contributed by atoms with van der Waals surface area (Å²) in [7, 11) is 0. The van der Waals surface area contributed by atoms with Gasteiger partial charge in [-0.1, -0.05) is 193 Å². The smallest absolute Gasteiger partial charge is 0.262 e. The van der Waals surface area contributed by atoms with Crippen molar-refractivity contribution in [1.82, 2.24) is 0 Å². The minimum absolute atomic E-state index is 0.0401. The van der Waals surface area contributed by atoms with Crippen LogP contribution in [0.25, 0.3) is 53.9 Å². The molecule has 0 aromatic heterocycles. The summed E-state index contributed by atoms with van der Waals surface area (Å²) in [4.78, 5) is 20.3. The van der Waals surface area contributed by atoms with Gasteiger partial charge in [-0.25, -0.2) is 4.79 Å². The summed E-state index contributed by atoms with van der Waals surface area (Å²) in [5.41, 5.74) is 11.0. The average Bonchev–Trinajstić information content (AvgIpc) is 3.26. The predicted molar refractivity (Wildman–Crippen MR) is 239 cm³/mol. The predicted octanol–water partition coefficient (Wildman–Crippen LogP) is 8.52. The van der Waals surface area contributed by atoms with Gasteiger partial charge in [-0.3, -0.25) is 9.80 Å². The van der Waals surface area contributed by atoms with Crippen LogP contribution < -0.4 is 42.6 Å². The number of hydrogen-bond donors (Lipinski definition) is 0. The second kappa shape index (κ2) is 11.0. The van der Waals surface area contributed by atoms with E-state index in [1.54, 1.807) is 0 Å². The molecule has 5 heteroatoms. The molecule has 0 atom stereocenters. The van der Waals surface area contributed by atoms with Crippen LogP contribution in [-0.4, -0.2) is 19.5 Å². The molecule has 3 aliphatic rings. The molecule has 0 saturated carbocycles. The van der Waals surface area contributed by atoms with Crippen LogP contribution in [0.1, 0.15) is 0 Å². The van der Waals surface area contributed by atoms with Crippen molar-refractivity contribution in [1.29, 1.82) is 0 Å². The number of fused-ring (bicyclic) bond motifs is 10. The highest BCUT2D eigenvalue weighted by Gasteiger charge is 2.49. The Labute approximate surface area is 324 Å². The maximum atomic E-state index is 16.1. The first kappa shape index (κ1) is 30.3. The van der Waals surface area contributed by atoms with Crippen molar-refractivity contribution < 1.29 is 4.79 Å². The minimum atomic E-state index is -0.0860. The van der Waals surface area contributed by atoms with Crippen LogP contribution in [0.15, 0.2) is 182 Å². The Morgan fingerprint density at radius 1 is 0.286 bits per heavy atom. The van der Waals surface area contributed by atoms with Crippen LogP contribution in [0.2, 0.25) is 0 Å². The second-order valence-corrected chi connectivity index (χ2v) is 15.5. The molecule has 0 aliphatic carbocycles. The molecule has 0 N–H and O–H groups in total. The number of urea groups is 1. The average molecular weight is 708 g/mol. The molecule has 0 unspecified atom stereocenters. The summed E-state index contributed by atoms with van der Waals surface area (Å²) in [6.07, 6.45) is 0. The highest BCUT2D eigenvalue weighted by atomic mass is 16.2. The number of amides is 2. The highest BCUT2D eigenvalue weighted by molar-refractivity contribution is 7.01. The number of rotatable bonds is 2. The molecule has 2 amide bonds. The Bertz CT molecular complexity index is 3160. The third-order valence-electron chi connectivity index (χ3n) is 12.8. The molecule has 56 heavy (non-hydrogen) atoms. The zero-order valence-electron chi connectivity index (χ0n) is 30.3. The van der Waals surface area contributed by atoms with Gasteiger partial charge in [0, 0.05) is 16.2 Å². The monoisotopic (exact) mass is 708 g/mol. The zero-order valence-corrected chi connectivity index (χ0v) is 30.3. The lowest BCUT2D eigenvalue weighted by Crippen LogP contribution is -2.64. The summed E-state index contributed by atoms with van der Waals surface area (Å²) in [6, 6.07) is 66.0. The number of anilines is 4. The van der Waals surface area contributed by atoms with E-state index in [1.807, 2.05) is 0 Å². The maximum Gasteiger partial charge on any atom is 0.338 e. The number of nitrogens with zero attached hydrogens (tertiary/aromatic N) is 2. The lowest BCUT2D eigenvalue weighted by molar-refractivity contribution is 0.255. The van der Waals surface area contributed by atoms with Crippen molar-refractivity contribution in [3.8, 4) is 0 Å². The first-order valence-corrected chi connectivity index (χ1v) is 19.5. The van der Waals surface area contributed by atoms with Gasteiger partial charge >= 0.3 is 6.03 Å². The van der Waals surface area contributed by atoms with Gasteiger partial charge in [-0.15, -0.1) is 0 Å². The van der Waals surface area contributed by atoms with E-state index in [0.717, 1.165) is 76.9 Å². The molecular weight excluding hydrogens is 678 g/mol. The Morgan fingerprint density at radius 2 is 0.625 bits per heavy atom. The van der Waals surface area contributed by atoms with Crippen molar-refractivity contribution in [3.63, 3.8) is 0 Å². The van der Waals surface area contributed by atoms with Gasteiger partial charge in [-0.05, 0) is 59.6 Å². The molecule has 0 fully saturated rings. The number of carbonyl (C=O) groups excluding carboxylic acids is 1. The summed E-state index contributed by atoms with van der Waals surface area (Å²) in [5.74, 6) is 0. The van der Waals surface area contributed by atoms with E-state index < -0.39 is 0 Å². The van der Waals surface area contributed by atoms with Crippen LogP contribution >= 0.6 is 0 Å². The standard InChI is InChI=1S/C51H30B2N2O/c56-51-54-47-38-19-7-3-13-33(38)23-27-42(47)52(40-21-9-15-31-11-1-5-17-36(31)40)44-29-25-35-26-30-45-50(46(35)49(44)54)55(51)48-39-20-8-4-14-34(39)24-28-43(48)53(45)41-22-10-16-32-12-2-6-18-37(32)41/h1-30H. The Morgan fingerprint density at radius 3 is 1.07 bits per heavy atom. The lowest BCUT2D eigenvalue weighted by Gasteiger charge is -2.47. The van der Waals surface area contributed by atoms with E-state index >= 15 is 4.79 Å². The second-order valence-electron chi connectivity index (χ2n) is 15.5. The molecule has 0 spiro atoms. The SMILES string of the molecule is O=C1N2c3c(ccc4ccccc34)B(c3cccc4ccccc34)c3ccc4ccc5c(c4c32)N1c1c(ccc2ccccc12)B5c1cccc2ccccc12. The lowest BCUT2D eigenvalue weighted by atomic mass is 9.33. The quantitative estimate of drug-likeness (QED) is 0.165. The topological polar surface area (TPSA) is 23.6 Å². The maximum absolute atomic E-state index is 16.1. The van der Waals surface area contributed by atoms with E-state index in [4.69, 9.17) is 0 Å². The molecular formula is C51H30B2N2O. The Kier molecular flexibility index (Phi) is 5.94. The number of carbonyl (C=O) groups is 1. The highest BCUT2D eigenvalue weighted by Crippen LogP contribution is 2.49. The van der Waals surface area contributed by atoms with Gasteiger partial charge in [0.1, 0.15) is 0 Å². The third kappa shape index (κ3) is 3.82. The normalized spacial score (nSPS) is 14.0. The van der Waals surface area contributed by atoms with Gasteiger partial charge < -0.3 is 0 Å². The van der Waals surface area contributed by atoms with Crippen molar-refractivity contribution in [2.75, 3.05) is 9.80 Å². The van der Waals surface area contributed by atoms with Gasteiger partial charge in [0.2, 0.25) is 13.4 Å². The Hall–Kier alpha value is -7.10. The number of benzene rings is 10. The van der Waals surface area contributed by atoms with Gasteiger partial charge in [-0.2, -0.15) is 0 Å². The summed E-state index contributed by atoms with van der Waals surface area (Å²) in [5, 5.41) is 11.5. The van der Waals surface area contributed by atoms with Crippen LogP contribution in [0, 0.1) is 0 Å². The fraction of sp³-hybridized carbons (Fsp3) is 0. The molecule has 3 nitrogen and oxygen atoms in total. The van der Waals surface area contributed by atoms with Gasteiger partial charge in [0.15, 0.2) is 0 Å². The largest absolute Gasteiger partial charge is 0.338 e. The molecule has 10 aromatic carbocycles. The molecule has 0 radical (unpaired) electrons. The van der Waals surface area contributed by atoms with Crippen LogP contribution in [-0.2, 0) is 0 Å². The van der Waals surface area contributed by atoms with Crippen LogP contribution in [0.5, 0.6) is 0 Å². The van der Waals surface area contributed by atoms with E-state index in [1.165, 1.54) is 32.5 Å². The third-order valence-corrected chi connectivity index (χ3v) is 12.8. The van der Waals surface area contributed by atoms with E-state index in [9.17, 15) is 0 Å². The first-order valence-electron chi connectivity index (χ1n) is 19.5. The zero-order chi connectivity index (χ0) is 36.6. The van der Waals surface area contributed by atoms with E-state index in [-0.39, 0.29) is 19.5 Å². The molecule has 3 aliphatic heterocycles. The molecule has 0 bridgehead atoms.